The fourth-order valence-electron chi connectivity index (χ4n) is 1.94. The maximum atomic E-state index is 10.2. The van der Waals surface area contributed by atoms with Crippen LogP contribution in [0.3, 0.4) is 0 Å². The Morgan fingerprint density at radius 1 is 1.29 bits per heavy atom. The molecule has 0 N–H and O–H groups in total. The zero-order valence-electron chi connectivity index (χ0n) is 8.06. The summed E-state index contributed by atoms with van der Waals surface area (Å²) >= 11 is 0. The summed E-state index contributed by atoms with van der Waals surface area (Å²) in [6, 6.07) is 10.4. The second kappa shape index (κ2) is 4.27. The van der Waals surface area contributed by atoms with Gasteiger partial charge in [-0.2, -0.15) is 0 Å². The SMILES string of the molecule is O=COC1CCC1Cc1ccccc1. The summed E-state index contributed by atoms with van der Waals surface area (Å²) < 4.78 is 4.98. The van der Waals surface area contributed by atoms with Crippen LogP contribution < -0.4 is 0 Å². The predicted octanol–water partition coefficient (Wildman–Crippen LogP) is 2.18. The first-order chi connectivity index (χ1) is 6.90. The standard InChI is InChI=1S/C12H14O2/c13-9-14-12-7-6-11(12)8-10-4-2-1-3-5-10/h1-5,9,11-12H,6-8H2. The molecule has 1 aromatic carbocycles. The Hall–Kier alpha value is -1.31. The molecule has 0 saturated heterocycles. The highest BCUT2D eigenvalue weighted by Crippen LogP contribution is 2.32. The second-order valence-electron chi connectivity index (χ2n) is 3.80. The average Bonchev–Trinajstić information content (AvgIpc) is 2.23. The van der Waals surface area contributed by atoms with Crippen LogP contribution in [0.1, 0.15) is 18.4 Å². The molecule has 2 unspecified atom stereocenters. The molecule has 2 heteroatoms. The Balaban J connectivity index is 1.89. The average molecular weight is 190 g/mol. The van der Waals surface area contributed by atoms with Gasteiger partial charge in [0, 0.05) is 5.92 Å². The van der Waals surface area contributed by atoms with Crippen LogP contribution in [0.25, 0.3) is 0 Å². The Kier molecular flexibility index (Phi) is 2.82. The van der Waals surface area contributed by atoms with Crippen molar-refractivity contribution in [2.24, 2.45) is 5.92 Å². The lowest BCUT2D eigenvalue weighted by atomic mass is 9.78. The number of benzene rings is 1. The zero-order valence-corrected chi connectivity index (χ0v) is 8.06. The Morgan fingerprint density at radius 3 is 2.64 bits per heavy atom. The van der Waals surface area contributed by atoms with E-state index in [-0.39, 0.29) is 6.10 Å². The molecule has 1 aliphatic carbocycles. The number of carbonyl (C=O) groups excluding carboxylic acids is 1. The van der Waals surface area contributed by atoms with E-state index >= 15 is 0 Å². The molecular weight excluding hydrogens is 176 g/mol. The third-order valence-corrected chi connectivity index (χ3v) is 2.92. The molecule has 0 radical (unpaired) electrons. The lowest BCUT2D eigenvalue weighted by molar-refractivity contribution is -0.141. The van der Waals surface area contributed by atoms with Gasteiger partial charge in [-0.15, -0.1) is 0 Å². The van der Waals surface area contributed by atoms with Crippen molar-refractivity contribution in [1.29, 1.82) is 0 Å². The van der Waals surface area contributed by atoms with Gasteiger partial charge < -0.3 is 4.74 Å². The quantitative estimate of drug-likeness (QED) is 0.680. The Morgan fingerprint density at radius 2 is 2.07 bits per heavy atom. The summed E-state index contributed by atoms with van der Waals surface area (Å²) in [5, 5.41) is 0. The highest BCUT2D eigenvalue weighted by Gasteiger charge is 2.32. The minimum absolute atomic E-state index is 0.160. The van der Waals surface area contributed by atoms with E-state index in [9.17, 15) is 4.79 Å². The molecule has 0 amide bonds. The molecule has 2 nitrogen and oxygen atoms in total. The molecule has 2 atom stereocenters. The molecule has 1 saturated carbocycles. The first-order valence-corrected chi connectivity index (χ1v) is 5.03. The van der Waals surface area contributed by atoms with Crippen LogP contribution in [0.4, 0.5) is 0 Å². The van der Waals surface area contributed by atoms with E-state index < -0.39 is 0 Å². The van der Waals surface area contributed by atoms with E-state index in [1.54, 1.807) is 0 Å². The first-order valence-electron chi connectivity index (χ1n) is 5.03. The monoisotopic (exact) mass is 190 g/mol. The molecule has 0 aromatic heterocycles. The van der Waals surface area contributed by atoms with Gasteiger partial charge in [0.1, 0.15) is 6.10 Å². The summed E-state index contributed by atoms with van der Waals surface area (Å²) in [5.74, 6) is 0.530. The summed E-state index contributed by atoms with van der Waals surface area (Å²) in [7, 11) is 0. The highest BCUT2D eigenvalue weighted by atomic mass is 16.5. The van der Waals surface area contributed by atoms with Crippen molar-refractivity contribution in [3.05, 3.63) is 35.9 Å². The van der Waals surface area contributed by atoms with Gasteiger partial charge in [0.25, 0.3) is 6.47 Å². The smallest absolute Gasteiger partial charge is 0.293 e. The van der Waals surface area contributed by atoms with Gasteiger partial charge in [-0.3, -0.25) is 4.79 Å². The van der Waals surface area contributed by atoms with Crippen LogP contribution in [0.15, 0.2) is 30.3 Å². The van der Waals surface area contributed by atoms with Crippen molar-refractivity contribution in [2.45, 2.75) is 25.4 Å². The van der Waals surface area contributed by atoms with Crippen molar-refractivity contribution in [3.8, 4) is 0 Å². The topological polar surface area (TPSA) is 26.3 Å². The molecular formula is C12H14O2. The number of hydrogen-bond acceptors (Lipinski definition) is 2. The lowest BCUT2D eigenvalue weighted by Crippen LogP contribution is -2.35. The molecule has 14 heavy (non-hydrogen) atoms. The molecule has 1 fully saturated rings. The summed E-state index contributed by atoms with van der Waals surface area (Å²) in [6.45, 7) is 0.571. The third kappa shape index (κ3) is 1.95. The van der Waals surface area contributed by atoms with E-state index in [1.807, 2.05) is 18.2 Å². The van der Waals surface area contributed by atoms with E-state index in [0.29, 0.717) is 12.4 Å². The molecule has 1 aromatic rings. The minimum atomic E-state index is 0.160. The van der Waals surface area contributed by atoms with Crippen molar-refractivity contribution in [1.82, 2.24) is 0 Å². The van der Waals surface area contributed by atoms with Gasteiger partial charge in [-0.25, -0.2) is 0 Å². The van der Waals surface area contributed by atoms with Crippen molar-refractivity contribution < 1.29 is 9.53 Å². The maximum absolute atomic E-state index is 10.2. The van der Waals surface area contributed by atoms with Crippen LogP contribution in [0.5, 0.6) is 0 Å². The molecule has 0 aliphatic heterocycles. The first kappa shape index (κ1) is 9.25. The molecule has 0 bridgehead atoms. The molecule has 0 spiro atoms. The van der Waals surface area contributed by atoms with Gasteiger partial charge in [-0.05, 0) is 24.8 Å². The van der Waals surface area contributed by atoms with Gasteiger partial charge in [0.2, 0.25) is 0 Å². The minimum Gasteiger partial charge on any atom is -0.464 e. The molecule has 74 valence electrons. The second-order valence-corrected chi connectivity index (χ2v) is 3.80. The number of hydrogen-bond donors (Lipinski definition) is 0. The van der Waals surface area contributed by atoms with Gasteiger partial charge >= 0.3 is 0 Å². The maximum Gasteiger partial charge on any atom is 0.293 e. The summed E-state index contributed by atoms with van der Waals surface area (Å²) in [6.07, 6.45) is 3.39. The normalized spacial score (nSPS) is 25.1. The molecule has 1 aliphatic rings. The van der Waals surface area contributed by atoms with Gasteiger partial charge in [0.15, 0.2) is 0 Å². The highest BCUT2D eigenvalue weighted by molar-refractivity contribution is 5.37. The molecule has 2 rings (SSSR count). The number of carbonyl (C=O) groups is 1. The van der Waals surface area contributed by atoms with E-state index in [0.717, 1.165) is 12.8 Å². The Labute approximate surface area is 83.9 Å². The van der Waals surface area contributed by atoms with E-state index in [2.05, 4.69) is 12.1 Å². The fourth-order valence-corrected chi connectivity index (χ4v) is 1.94. The van der Waals surface area contributed by atoms with Crippen LogP contribution in [0.2, 0.25) is 0 Å². The van der Waals surface area contributed by atoms with Crippen LogP contribution in [-0.2, 0) is 16.0 Å². The van der Waals surface area contributed by atoms with Crippen molar-refractivity contribution in [2.75, 3.05) is 0 Å². The van der Waals surface area contributed by atoms with E-state index in [4.69, 9.17) is 4.74 Å². The largest absolute Gasteiger partial charge is 0.464 e. The fraction of sp³-hybridized carbons (Fsp3) is 0.417. The number of rotatable bonds is 4. The van der Waals surface area contributed by atoms with Gasteiger partial charge in [0.05, 0.1) is 0 Å². The van der Waals surface area contributed by atoms with Crippen LogP contribution in [0, 0.1) is 5.92 Å². The molecule has 0 heterocycles. The lowest BCUT2D eigenvalue weighted by Gasteiger charge is -2.34. The summed E-state index contributed by atoms with van der Waals surface area (Å²) in [4.78, 5) is 10.2. The van der Waals surface area contributed by atoms with E-state index in [1.165, 1.54) is 12.0 Å². The van der Waals surface area contributed by atoms with Gasteiger partial charge in [-0.1, -0.05) is 30.3 Å². The van der Waals surface area contributed by atoms with Crippen molar-refractivity contribution in [3.63, 3.8) is 0 Å². The van der Waals surface area contributed by atoms with Crippen LogP contribution >= 0.6 is 0 Å². The zero-order chi connectivity index (χ0) is 9.80. The third-order valence-electron chi connectivity index (χ3n) is 2.92. The van der Waals surface area contributed by atoms with Crippen molar-refractivity contribution >= 4 is 6.47 Å². The number of ether oxygens (including phenoxy) is 1. The van der Waals surface area contributed by atoms with Crippen LogP contribution in [-0.4, -0.2) is 12.6 Å². The Bertz CT molecular complexity index is 294. The predicted molar refractivity (Wildman–Crippen MR) is 53.8 cm³/mol. The summed E-state index contributed by atoms with van der Waals surface area (Å²) in [5.41, 5.74) is 1.33.